The van der Waals surface area contributed by atoms with Gasteiger partial charge in [0.1, 0.15) is 40.3 Å². The Hall–Kier alpha value is -10.6. The molecule has 0 atom stereocenters. The van der Waals surface area contributed by atoms with E-state index in [-0.39, 0.29) is 77.2 Å². The average Bonchev–Trinajstić information content (AvgIpc) is 1.64. The van der Waals surface area contributed by atoms with E-state index >= 15 is 0 Å². The van der Waals surface area contributed by atoms with Crippen LogP contribution < -0.4 is 5.19 Å². The predicted molar refractivity (Wildman–Crippen MR) is 446 cm³/mol. The van der Waals surface area contributed by atoms with E-state index in [4.69, 9.17) is 4.42 Å². The summed E-state index contributed by atoms with van der Waals surface area (Å²) in [4.78, 5) is 27.2. The summed E-state index contributed by atoms with van der Waals surface area (Å²) in [5, 5.41) is 33.7. The van der Waals surface area contributed by atoms with E-state index in [1.165, 1.54) is 16.3 Å². The van der Waals surface area contributed by atoms with Crippen molar-refractivity contribution in [2.45, 2.75) is 79.9 Å². The number of nitrogens with zero attached hydrogens (tertiary/aromatic N) is 9. The molecule has 17 heteroatoms. The topological polar surface area (TPSA) is 166 Å². The summed E-state index contributed by atoms with van der Waals surface area (Å²) >= 11 is 0. The third kappa shape index (κ3) is 20.1. The summed E-state index contributed by atoms with van der Waals surface area (Å²) in [6.07, 6.45) is 6.89. The molecular weight excluding hydrogens is 1920 g/mol. The summed E-state index contributed by atoms with van der Waals surface area (Å²) in [6.45, 7) is 22.3. The van der Waals surface area contributed by atoms with Crippen LogP contribution in [-0.2, 0) is 93.3 Å². The van der Waals surface area contributed by atoms with Crippen molar-refractivity contribution in [1.29, 1.82) is 0 Å². The number of phenols is 3. The third-order valence-corrected chi connectivity index (χ3v) is 20.7. The van der Waals surface area contributed by atoms with Crippen LogP contribution in [0, 0.1) is 38.0 Å². The molecule has 13 nitrogen and oxygen atoms in total. The number of fused-ring (bicyclic) bond motifs is 6. The molecule has 111 heavy (non-hydrogen) atoms. The monoisotopic (exact) mass is 2020 g/mol. The summed E-state index contributed by atoms with van der Waals surface area (Å²) in [5.74, 6) is 3.85. The van der Waals surface area contributed by atoms with Crippen molar-refractivity contribution in [1.82, 2.24) is 43.6 Å². The fraction of sp³-hybridized carbons (Fsp3) is 0.170. The standard InChI is InChI=1S/C18H24NSi.C17H10NO.C16H16N2O.C15H16N.2C14H12N2O.3Ir/c1-14(2)11-16-12-17(15-9-7-6-8-10-15)19-13-18(16)20(3,4)5;1-2-10-16-12(6-1)13-7-5-8-14(17(13)19-16)15-9-3-4-11-18-15;1-10-8-11(2)15(19)12(9-10)16-17-13-6-4-5-7-14(13)18(16)3;1-15(2,3)13-9-10-16-14(11-13)12-7-5-4-6-8-12;2*1-16-12-8-4-3-7-11(12)15-14(16)10-6-2-5-9-13(10)17;;;/h6-9,12-14H,11H2,1-5H3;1-7,9-11H;4-9,19H,1-3H3;4-7,9-11H,1-3H3;2*2-9,17H,1H3;;;/q2*-1;;-1;;;;;. The Morgan fingerprint density at radius 3 is 1.42 bits per heavy atom. The van der Waals surface area contributed by atoms with Gasteiger partial charge in [-0.25, -0.2) is 15.0 Å². The number of aromatic hydroxyl groups is 3. The van der Waals surface area contributed by atoms with Crippen molar-refractivity contribution >= 4 is 68.3 Å². The molecule has 17 aromatic rings. The maximum absolute atomic E-state index is 10.3. The summed E-state index contributed by atoms with van der Waals surface area (Å²) < 4.78 is 12.0. The first kappa shape index (κ1) is 84.4. The molecule has 0 aliphatic rings. The number of imidazole rings is 3. The molecular formula is C94H90Ir3N9O4Si-3. The zero-order valence-corrected chi connectivity index (χ0v) is 72.7. The molecule has 0 fully saturated rings. The van der Waals surface area contributed by atoms with E-state index in [1.807, 2.05) is 267 Å². The van der Waals surface area contributed by atoms with Gasteiger partial charge in [0.15, 0.2) is 0 Å². The molecule has 0 spiro atoms. The summed E-state index contributed by atoms with van der Waals surface area (Å²) in [7, 11) is 4.54. The van der Waals surface area contributed by atoms with Gasteiger partial charge >= 0.3 is 0 Å². The molecule has 0 amide bonds. The molecule has 3 radical (unpaired) electrons. The smallest absolute Gasteiger partial charge is 0.144 e. The molecule has 10 aromatic carbocycles. The normalized spacial score (nSPS) is 10.9. The zero-order chi connectivity index (χ0) is 76.2. The Balaban J connectivity index is 0.000000152. The molecule has 3 N–H and O–H groups in total. The van der Waals surface area contributed by atoms with Gasteiger partial charge in [0.05, 0.1) is 63.4 Å². The van der Waals surface area contributed by atoms with Crippen molar-refractivity contribution in [2.24, 2.45) is 27.1 Å². The molecule has 0 saturated heterocycles. The quantitative estimate of drug-likeness (QED) is 0.0935. The molecule has 0 aliphatic heterocycles. The van der Waals surface area contributed by atoms with Crippen molar-refractivity contribution in [3.8, 4) is 85.2 Å². The van der Waals surface area contributed by atoms with Crippen LogP contribution in [0.3, 0.4) is 0 Å². The van der Waals surface area contributed by atoms with Crippen molar-refractivity contribution in [3.63, 3.8) is 0 Å². The zero-order valence-electron chi connectivity index (χ0n) is 64.5. The first-order chi connectivity index (χ1) is 52.0. The minimum atomic E-state index is -1.34. The second-order valence-electron chi connectivity index (χ2n) is 29.2. The van der Waals surface area contributed by atoms with Gasteiger partial charge in [0.25, 0.3) is 0 Å². The second kappa shape index (κ2) is 37.9. The number of aryl methyl sites for hydroxylation is 5. The molecule has 0 unspecified atom stereocenters. The summed E-state index contributed by atoms with van der Waals surface area (Å²) in [6, 6.07) is 92.4. The van der Waals surface area contributed by atoms with Crippen LogP contribution in [-0.4, -0.2) is 67.0 Å². The Kier molecular flexibility index (Phi) is 28.8. The number of rotatable bonds is 9. The fourth-order valence-electron chi connectivity index (χ4n) is 13.1. The molecule has 7 heterocycles. The number of hydrogen-bond donors (Lipinski definition) is 3. The minimum Gasteiger partial charge on any atom is -0.507 e. The Labute approximate surface area is 692 Å². The van der Waals surface area contributed by atoms with Gasteiger partial charge in [-0.15, -0.1) is 90.0 Å². The van der Waals surface area contributed by atoms with Gasteiger partial charge in [0.2, 0.25) is 0 Å². The van der Waals surface area contributed by atoms with Gasteiger partial charge < -0.3 is 48.4 Å². The van der Waals surface area contributed by atoms with Crippen LogP contribution in [0.2, 0.25) is 19.6 Å². The molecule has 0 aliphatic carbocycles. The van der Waals surface area contributed by atoms with E-state index in [2.05, 4.69) is 139 Å². The summed E-state index contributed by atoms with van der Waals surface area (Å²) in [5.41, 5.74) is 21.0. The van der Waals surface area contributed by atoms with Crippen LogP contribution >= 0.6 is 0 Å². The molecule has 7 aromatic heterocycles. The van der Waals surface area contributed by atoms with Crippen molar-refractivity contribution < 1.29 is 80.1 Å². The maximum atomic E-state index is 10.3. The van der Waals surface area contributed by atoms with Crippen LogP contribution in [0.1, 0.15) is 56.9 Å². The number of aromatic nitrogens is 9. The van der Waals surface area contributed by atoms with Gasteiger partial charge in [-0.2, -0.15) is 0 Å². The Bertz CT molecular complexity index is 5810. The average molecular weight is 2010 g/mol. The van der Waals surface area contributed by atoms with Crippen LogP contribution in [0.4, 0.5) is 0 Å². The van der Waals surface area contributed by atoms with Gasteiger partial charge in [-0.3, -0.25) is 0 Å². The molecule has 17 rings (SSSR count). The second-order valence-corrected chi connectivity index (χ2v) is 34.2. The largest absolute Gasteiger partial charge is 0.507 e. The number of pyridine rings is 3. The predicted octanol–water partition coefficient (Wildman–Crippen LogP) is 22.0. The van der Waals surface area contributed by atoms with Gasteiger partial charge in [-0.1, -0.05) is 180 Å². The van der Waals surface area contributed by atoms with Crippen LogP contribution in [0.15, 0.2) is 278 Å². The molecule has 569 valence electrons. The third-order valence-electron chi connectivity index (χ3n) is 18.6. The number of hydrogen-bond acceptors (Lipinski definition) is 10. The first-order valence-electron chi connectivity index (χ1n) is 36.3. The number of furan rings is 1. The Morgan fingerprint density at radius 2 is 0.937 bits per heavy atom. The first-order valence-corrected chi connectivity index (χ1v) is 39.8. The molecule has 0 saturated carbocycles. The Morgan fingerprint density at radius 1 is 0.459 bits per heavy atom. The minimum absolute atomic E-state index is 0. The SMILES string of the molecule is CC(C)(C)c1ccnc(-c2[c-]cccc2)c1.CC(C)Cc1cc(-c2[c-]cccc2)ncc1[Si](C)(C)C.Cc1cc(C)c(O)c(-c2nc3ccccc3n2C)c1.Cn1c(-c2ccccc2O)nc2ccccc21.Cn1c(-c2ccccc2O)nc2ccccc21.[Ir].[Ir].[Ir].[c-]1ccc2c(oc3ccccc32)c1-c1ccccn1. The van der Waals surface area contributed by atoms with E-state index in [1.54, 1.807) is 18.3 Å². The number of benzene rings is 10. The van der Waals surface area contributed by atoms with Crippen molar-refractivity contribution in [2.75, 3.05) is 0 Å². The van der Waals surface area contributed by atoms with Gasteiger partial charge in [0, 0.05) is 105 Å². The van der Waals surface area contributed by atoms with E-state index in [0.29, 0.717) is 11.7 Å². The maximum Gasteiger partial charge on any atom is 0.144 e. The van der Waals surface area contributed by atoms with Crippen molar-refractivity contribution in [3.05, 3.63) is 314 Å². The van der Waals surface area contributed by atoms with Crippen LogP contribution in [0.5, 0.6) is 17.2 Å². The fourth-order valence-corrected chi connectivity index (χ4v) is 14.7. The van der Waals surface area contributed by atoms with E-state index in [0.717, 1.165) is 141 Å². The van der Waals surface area contributed by atoms with Crippen LogP contribution in [0.25, 0.3) is 123 Å². The van der Waals surface area contributed by atoms with Gasteiger partial charge in [-0.05, 0) is 155 Å². The number of phenolic OH excluding ortho intramolecular Hbond substituents is 3. The van der Waals surface area contributed by atoms with E-state index < -0.39 is 8.07 Å². The molecule has 0 bridgehead atoms. The number of para-hydroxylation sites is 9. The van der Waals surface area contributed by atoms with E-state index in [9.17, 15) is 15.3 Å².